The van der Waals surface area contributed by atoms with Gasteiger partial charge in [-0.05, 0) is 29.8 Å². The van der Waals surface area contributed by atoms with Crippen molar-refractivity contribution < 1.29 is 0 Å². The number of para-hydroxylation sites is 3. The van der Waals surface area contributed by atoms with Crippen LogP contribution in [-0.2, 0) is 0 Å². The summed E-state index contributed by atoms with van der Waals surface area (Å²) in [6, 6.07) is 31.3. The molecule has 0 unspecified atom stereocenters. The Labute approximate surface area is 161 Å². The Hall–Kier alpha value is -3.17. The normalized spacial score (nSPS) is 12.6. The number of anilines is 2. The number of hydrogen-bond donors (Lipinski definition) is 2. The molecule has 4 aromatic carbocycles. The SMILES string of the molecule is [c]1c(-c2cccc3c2Nc2ccccc2S3)ccc2c1[nH]c1ccccc12. The quantitative estimate of drug-likeness (QED) is 0.329. The predicted octanol–water partition coefficient (Wildman–Crippen LogP) is 7.00. The molecule has 1 aliphatic rings. The number of aromatic amines is 1. The highest BCUT2D eigenvalue weighted by Gasteiger charge is 2.19. The first-order valence-corrected chi connectivity index (χ1v) is 9.78. The van der Waals surface area contributed by atoms with Gasteiger partial charge >= 0.3 is 0 Å². The molecular formula is C24H15N2S. The number of rotatable bonds is 1. The highest BCUT2D eigenvalue weighted by molar-refractivity contribution is 7.99. The number of nitrogens with one attached hydrogen (secondary N) is 2. The molecule has 1 aromatic heterocycles. The Morgan fingerprint density at radius 1 is 0.704 bits per heavy atom. The Balaban J connectivity index is 1.53. The van der Waals surface area contributed by atoms with Crippen molar-refractivity contribution in [3.63, 3.8) is 0 Å². The third-order valence-electron chi connectivity index (χ3n) is 5.11. The molecule has 1 radical (unpaired) electrons. The van der Waals surface area contributed by atoms with E-state index in [9.17, 15) is 0 Å². The van der Waals surface area contributed by atoms with Gasteiger partial charge in [-0.1, -0.05) is 66.4 Å². The van der Waals surface area contributed by atoms with Gasteiger partial charge in [0.2, 0.25) is 0 Å². The van der Waals surface area contributed by atoms with Gasteiger partial charge < -0.3 is 10.3 Å². The van der Waals surface area contributed by atoms with Gasteiger partial charge in [0.25, 0.3) is 0 Å². The molecule has 0 saturated carbocycles. The molecule has 6 rings (SSSR count). The van der Waals surface area contributed by atoms with Crippen LogP contribution in [0, 0.1) is 6.07 Å². The molecule has 27 heavy (non-hydrogen) atoms. The molecule has 0 spiro atoms. The molecular weight excluding hydrogens is 348 g/mol. The molecule has 1 aliphatic heterocycles. The smallest absolute Gasteiger partial charge is 0.0606 e. The van der Waals surface area contributed by atoms with Crippen molar-refractivity contribution in [2.24, 2.45) is 0 Å². The number of aromatic nitrogens is 1. The minimum Gasteiger partial charge on any atom is -0.354 e. The van der Waals surface area contributed by atoms with Crippen LogP contribution >= 0.6 is 11.8 Å². The highest BCUT2D eigenvalue weighted by atomic mass is 32.2. The van der Waals surface area contributed by atoms with Crippen molar-refractivity contribution >= 4 is 44.9 Å². The van der Waals surface area contributed by atoms with Crippen molar-refractivity contribution in [2.45, 2.75) is 9.79 Å². The maximum Gasteiger partial charge on any atom is 0.0606 e. The van der Waals surface area contributed by atoms with Gasteiger partial charge in [0, 0.05) is 37.7 Å². The van der Waals surface area contributed by atoms with Crippen molar-refractivity contribution in [1.82, 2.24) is 4.98 Å². The second-order valence-corrected chi connectivity index (χ2v) is 7.82. The van der Waals surface area contributed by atoms with E-state index in [2.05, 4.69) is 95.2 Å². The largest absolute Gasteiger partial charge is 0.354 e. The van der Waals surface area contributed by atoms with Crippen LogP contribution in [0.2, 0.25) is 0 Å². The van der Waals surface area contributed by atoms with E-state index < -0.39 is 0 Å². The van der Waals surface area contributed by atoms with Crippen LogP contribution in [-0.4, -0.2) is 4.98 Å². The molecule has 2 N–H and O–H groups in total. The minimum absolute atomic E-state index is 1.05. The molecule has 2 heterocycles. The molecule has 127 valence electrons. The average molecular weight is 363 g/mol. The second-order valence-electron chi connectivity index (χ2n) is 6.73. The summed E-state index contributed by atoms with van der Waals surface area (Å²) in [6.07, 6.45) is 0. The summed E-state index contributed by atoms with van der Waals surface area (Å²) >= 11 is 1.81. The summed E-state index contributed by atoms with van der Waals surface area (Å²) in [5.41, 5.74) is 6.80. The lowest BCUT2D eigenvalue weighted by molar-refractivity contribution is 1.31. The summed E-state index contributed by atoms with van der Waals surface area (Å²) in [4.78, 5) is 6.01. The molecule has 0 fully saturated rings. The first kappa shape index (κ1) is 14.9. The maximum atomic E-state index is 3.63. The first-order valence-electron chi connectivity index (χ1n) is 8.97. The fourth-order valence-electron chi connectivity index (χ4n) is 3.82. The molecule has 3 heteroatoms. The van der Waals surface area contributed by atoms with Crippen LogP contribution in [0.4, 0.5) is 11.4 Å². The topological polar surface area (TPSA) is 27.8 Å². The molecule has 0 atom stereocenters. The van der Waals surface area contributed by atoms with E-state index in [1.54, 1.807) is 0 Å². The number of benzene rings is 4. The van der Waals surface area contributed by atoms with E-state index in [4.69, 9.17) is 0 Å². The van der Waals surface area contributed by atoms with E-state index in [-0.39, 0.29) is 0 Å². The van der Waals surface area contributed by atoms with Crippen LogP contribution in [0.15, 0.2) is 88.7 Å². The summed E-state index contributed by atoms with van der Waals surface area (Å²) in [7, 11) is 0. The zero-order valence-electron chi connectivity index (χ0n) is 14.4. The van der Waals surface area contributed by atoms with Crippen LogP contribution in [0.5, 0.6) is 0 Å². The average Bonchev–Trinajstić information content (AvgIpc) is 3.09. The third kappa shape index (κ3) is 2.29. The summed E-state index contributed by atoms with van der Waals surface area (Å²) in [6.45, 7) is 0. The van der Waals surface area contributed by atoms with Crippen LogP contribution in [0.1, 0.15) is 0 Å². The first-order chi connectivity index (χ1) is 13.4. The Kier molecular flexibility index (Phi) is 3.13. The van der Waals surface area contributed by atoms with E-state index in [1.165, 1.54) is 26.1 Å². The fourth-order valence-corrected chi connectivity index (χ4v) is 4.84. The third-order valence-corrected chi connectivity index (χ3v) is 6.24. The van der Waals surface area contributed by atoms with Gasteiger partial charge in [-0.25, -0.2) is 0 Å². The lowest BCUT2D eigenvalue weighted by atomic mass is 10.0. The van der Waals surface area contributed by atoms with Gasteiger partial charge in [-0.15, -0.1) is 0 Å². The van der Waals surface area contributed by atoms with Crippen molar-refractivity contribution in [2.75, 3.05) is 5.32 Å². The van der Waals surface area contributed by atoms with Crippen LogP contribution < -0.4 is 5.32 Å². The molecule has 0 bridgehead atoms. The number of fused-ring (bicyclic) bond motifs is 5. The van der Waals surface area contributed by atoms with Gasteiger partial charge in [0.05, 0.1) is 16.9 Å². The van der Waals surface area contributed by atoms with Crippen LogP contribution in [0.25, 0.3) is 32.9 Å². The molecule has 0 saturated heterocycles. The Morgan fingerprint density at radius 3 is 2.56 bits per heavy atom. The van der Waals surface area contributed by atoms with Gasteiger partial charge in [-0.3, -0.25) is 0 Å². The molecule has 5 aromatic rings. The zero-order chi connectivity index (χ0) is 17.8. The van der Waals surface area contributed by atoms with Crippen molar-refractivity contribution in [1.29, 1.82) is 0 Å². The van der Waals surface area contributed by atoms with Crippen LogP contribution in [0.3, 0.4) is 0 Å². The minimum atomic E-state index is 1.05. The Bertz CT molecular complexity index is 1330. The summed E-state index contributed by atoms with van der Waals surface area (Å²) < 4.78 is 0. The van der Waals surface area contributed by atoms with Gasteiger partial charge in [0.15, 0.2) is 0 Å². The molecule has 2 nitrogen and oxygen atoms in total. The standard InChI is InChI=1S/C24H15N2S/c1-2-8-19-17(6-1)18-13-12-15(14-21(18)25-19)16-7-5-11-23-24(16)26-20-9-3-4-10-22(20)27-23/h1-13,25-26H. The number of hydrogen-bond acceptors (Lipinski definition) is 2. The second kappa shape index (κ2) is 5.66. The Morgan fingerprint density at radius 2 is 1.56 bits per heavy atom. The van der Waals surface area contributed by atoms with E-state index in [1.807, 2.05) is 11.8 Å². The van der Waals surface area contributed by atoms with Crippen molar-refractivity contribution in [3.8, 4) is 11.1 Å². The van der Waals surface area contributed by atoms with Gasteiger partial charge in [-0.2, -0.15) is 0 Å². The van der Waals surface area contributed by atoms with E-state index in [0.29, 0.717) is 0 Å². The molecule has 0 amide bonds. The van der Waals surface area contributed by atoms with Crippen molar-refractivity contribution in [3.05, 3.63) is 84.9 Å². The lowest BCUT2D eigenvalue weighted by Gasteiger charge is -2.23. The summed E-state index contributed by atoms with van der Waals surface area (Å²) in [5, 5.41) is 6.09. The monoisotopic (exact) mass is 363 g/mol. The zero-order valence-corrected chi connectivity index (χ0v) is 15.2. The van der Waals surface area contributed by atoms with Gasteiger partial charge in [0.1, 0.15) is 0 Å². The van der Waals surface area contributed by atoms with E-state index in [0.717, 1.165) is 28.0 Å². The highest BCUT2D eigenvalue weighted by Crippen LogP contribution is 2.47. The maximum absolute atomic E-state index is 3.63. The molecule has 0 aliphatic carbocycles. The summed E-state index contributed by atoms with van der Waals surface area (Å²) in [5.74, 6) is 0. The lowest BCUT2D eigenvalue weighted by Crippen LogP contribution is -2.01. The fraction of sp³-hybridized carbons (Fsp3) is 0. The van der Waals surface area contributed by atoms with E-state index >= 15 is 0 Å². The number of H-pyrrole nitrogens is 1. The predicted molar refractivity (Wildman–Crippen MR) is 114 cm³/mol.